The molecule has 0 fully saturated rings. The van der Waals surface area contributed by atoms with Gasteiger partial charge in [-0.1, -0.05) is 34.7 Å². The van der Waals surface area contributed by atoms with Crippen molar-refractivity contribution in [2.75, 3.05) is 4.43 Å². The van der Waals surface area contributed by atoms with Crippen LogP contribution >= 0.6 is 22.6 Å². The molecule has 0 bridgehead atoms. The summed E-state index contributed by atoms with van der Waals surface area (Å²) in [5.74, 6) is -0.949. The van der Waals surface area contributed by atoms with Crippen LogP contribution in [0, 0.1) is 0 Å². The first kappa shape index (κ1) is 12.4. The molecule has 4 nitrogen and oxygen atoms in total. The number of alkyl halides is 1. The topological polar surface area (TPSA) is 66.8 Å². The number of aliphatic hydroxyl groups is 1. The first-order chi connectivity index (χ1) is 7.13. The fraction of sp³-hybridized carbons (Fsp3) is 0.300. The number of halogens is 1. The number of ether oxygens (including phenoxy) is 1. The maximum atomic E-state index is 10.6. The molecule has 0 spiro atoms. The van der Waals surface area contributed by atoms with Gasteiger partial charge in [-0.15, -0.1) is 0 Å². The van der Waals surface area contributed by atoms with Crippen LogP contribution in [-0.2, 0) is 11.3 Å². The van der Waals surface area contributed by atoms with Crippen molar-refractivity contribution in [2.45, 2.75) is 12.9 Å². The van der Waals surface area contributed by atoms with E-state index in [2.05, 4.69) is 0 Å². The van der Waals surface area contributed by atoms with E-state index in [-0.39, 0.29) is 12.2 Å². The van der Waals surface area contributed by atoms with Crippen molar-refractivity contribution in [3.05, 3.63) is 35.4 Å². The normalized spacial score (nSPS) is 12.4. The van der Waals surface area contributed by atoms with Crippen molar-refractivity contribution in [3.8, 4) is 0 Å². The van der Waals surface area contributed by atoms with Crippen LogP contribution in [0.2, 0.25) is 0 Å². The van der Waals surface area contributed by atoms with Gasteiger partial charge < -0.3 is 14.9 Å². The number of benzene rings is 1. The monoisotopic (exact) mass is 322 g/mol. The minimum atomic E-state index is -0.949. The molecule has 15 heavy (non-hydrogen) atoms. The maximum Gasteiger partial charge on any atom is 0.335 e. The molecule has 5 heteroatoms. The van der Waals surface area contributed by atoms with Gasteiger partial charge in [0, 0.05) is 0 Å². The van der Waals surface area contributed by atoms with E-state index in [1.165, 1.54) is 12.1 Å². The molecule has 0 aliphatic carbocycles. The number of rotatable bonds is 5. The summed E-state index contributed by atoms with van der Waals surface area (Å²) in [7, 11) is 0. The highest BCUT2D eigenvalue weighted by atomic mass is 127. The van der Waals surface area contributed by atoms with Gasteiger partial charge in [0.25, 0.3) is 0 Å². The highest BCUT2D eigenvalue weighted by Crippen LogP contribution is 2.07. The van der Waals surface area contributed by atoms with Crippen molar-refractivity contribution < 1.29 is 19.7 Å². The molecule has 2 N–H and O–H groups in total. The third-order valence-electron chi connectivity index (χ3n) is 1.78. The average molecular weight is 322 g/mol. The minimum absolute atomic E-state index is 0.244. The van der Waals surface area contributed by atoms with Gasteiger partial charge >= 0.3 is 5.97 Å². The number of aliphatic hydroxyl groups excluding tert-OH is 1. The lowest BCUT2D eigenvalue weighted by molar-refractivity contribution is -0.0885. The van der Waals surface area contributed by atoms with Crippen LogP contribution in [0.25, 0.3) is 0 Å². The van der Waals surface area contributed by atoms with Crippen molar-refractivity contribution in [3.63, 3.8) is 0 Å². The van der Waals surface area contributed by atoms with Gasteiger partial charge in [-0.05, 0) is 17.7 Å². The molecule has 82 valence electrons. The van der Waals surface area contributed by atoms with E-state index in [1.54, 1.807) is 12.1 Å². The van der Waals surface area contributed by atoms with Crippen LogP contribution in [0.4, 0.5) is 0 Å². The Balaban J connectivity index is 2.53. The summed E-state index contributed by atoms with van der Waals surface area (Å²) >= 11 is 2.02. The molecule has 0 aliphatic rings. The second-order valence-corrected chi connectivity index (χ2v) is 3.80. The van der Waals surface area contributed by atoms with E-state index < -0.39 is 12.3 Å². The summed E-state index contributed by atoms with van der Waals surface area (Å²) in [4.78, 5) is 10.6. The number of carboxylic acid groups (broad SMARTS) is 1. The van der Waals surface area contributed by atoms with Crippen LogP contribution in [0.5, 0.6) is 0 Å². The highest BCUT2D eigenvalue weighted by Gasteiger charge is 2.04. The minimum Gasteiger partial charge on any atom is -0.478 e. The number of hydrogen-bond acceptors (Lipinski definition) is 3. The number of aromatic carboxylic acids is 1. The summed E-state index contributed by atoms with van der Waals surface area (Å²) < 4.78 is 5.58. The van der Waals surface area contributed by atoms with Gasteiger partial charge in [0.05, 0.1) is 16.6 Å². The summed E-state index contributed by atoms with van der Waals surface area (Å²) in [6, 6.07) is 6.36. The second-order valence-electron chi connectivity index (χ2n) is 2.92. The highest BCUT2D eigenvalue weighted by molar-refractivity contribution is 14.1. The largest absolute Gasteiger partial charge is 0.478 e. The second kappa shape index (κ2) is 6.04. The molecule has 1 rings (SSSR count). The van der Waals surface area contributed by atoms with E-state index in [4.69, 9.17) is 14.9 Å². The van der Waals surface area contributed by atoms with Gasteiger partial charge in [0.15, 0.2) is 6.29 Å². The fourth-order valence-corrected chi connectivity index (χ4v) is 1.23. The van der Waals surface area contributed by atoms with Crippen LogP contribution in [0.3, 0.4) is 0 Å². The Morgan fingerprint density at radius 1 is 1.40 bits per heavy atom. The third-order valence-corrected chi connectivity index (χ3v) is 2.53. The molecule has 0 radical (unpaired) electrons. The van der Waals surface area contributed by atoms with Gasteiger partial charge in [-0.2, -0.15) is 0 Å². The van der Waals surface area contributed by atoms with Crippen LogP contribution < -0.4 is 0 Å². The van der Waals surface area contributed by atoms with Crippen molar-refractivity contribution >= 4 is 28.6 Å². The molecule has 0 saturated heterocycles. The summed E-state index contributed by atoms with van der Waals surface area (Å²) in [5, 5.41) is 17.8. The molecule has 1 aromatic rings. The van der Waals surface area contributed by atoms with E-state index >= 15 is 0 Å². The summed E-state index contributed by atoms with van der Waals surface area (Å²) in [6.07, 6.45) is -0.773. The van der Waals surface area contributed by atoms with Crippen molar-refractivity contribution in [1.29, 1.82) is 0 Å². The molecule has 0 heterocycles. The smallest absolute Gasteiger partial charge is 0.335 e. The zero-order valence-electron chi connectivity index (χ0n) is 7.89. The molecule has 0 aliphatic heterocycles. The Morgan fingerprint density at radius 2 is 2.00 bits per heavy atom. The first-order valence-electron chi connectivity index (χ1n) is 4.31. The van der Waals surface area contributed by atoms with Crippen molar-refractivity contribution in [1.82, 2.24) is 0 Å². The standard InChI is InChI=1S/C10H11IO4/c11-5-9(12)15-6-7-1-3-8(4-2-7)10(13)14/h1-4,9,12H,5-6H2,(H,13,14). The first-order valence-corrected chi connectivity index (χ1v) is 5.84. The SMILES string of the molecule is O=C(O)c1ccc(COC(O)CI)cc1. The molecule has 0 saturated carbocycles. The zero-order chi connectivity index (χ0) is 11.3. The van der Waals surface area contributed by atoms with E-state index in [9.17, 15) is 4.79 Å². The molecule has 0 amide bonds. The lowest BCUT2D eigenvalue weighted by atomic mass is 10.1. The summed E-state index contributed by atoms with van der Waals surface area (Å²) in [6.45, 7) is 0.282. The quantitative estimate of drug-likeness (QED) is 0.491. The van der Waals surface area contributed by atoms with Gasteiger partial charge in [-0.3, -0.25) is 0 Å². The van der Waals surface area contributed by atoms with Gasteiger partial charge in [-0.25, -0.2) is 4.79 Å². The zero-order valence-corrected chi connectivity index (χ0v) is 10.0. The van der Waals surface area contributed by atoms with Gasteiger partial charge in [0.2, 0.25) is 0 Å². The predicted molar refractivity (Wildman–Crippen MR) is 63.1 cm³/mol. The Hall–Kier alpha value is -0.660. The Labute approximate surface area is 101 Å². The van der Waals surface area contributed by atoms with E-state index in [1.807, 2.05) is 22.6 Å². The fourth-order valence-electron chi connectivity index (χ4n) is 0.981. The third kappa shape index (κ3) is 4.15. The molecular formula is C10H11IO4. The van der Waals surface area contributed by atoms with Gasteiger partial charge in [0.1, 0.15) is 0 Å². The molecule has 0 aromatic heterocycles. The van der Waals surface area contributed by atoms with Crippen LogP contribution in [-0.4, -0.2) is 26.9 Å². The summed E-state index contributed by atoms with van der Waals surface area (Å²) in [5.41, 5.74) is 1.08. The lowest BCUT2D eigenvalue weighted by Crippen LogP contribution is -2.12. The molecular weight excluding hydrogens is 311 g/mol. The molecule has 1 unspecified atom stereocenters. The number of hydrogen-bond donors (Lipinski definition) is 2. The van der Waals surface area contributed by atoms with Crippen LogP contribution in [0.1, 0.15) is 15.9 Å². The van der Waals surface area contributed by atoms with E-state index in [0.29, 0.717) is 4.43 Å². The predicted octanol–water partition coefficient (Wildman–Crippen LogP) is 1.65. The number of carboxylic acids is 1. The van der Waals surface area contributed by atoms with E-state index in [0.717, 1.165) is 5.56 Å². The van der Waals surface area contributed by atoms with Crippen molar-refractivity contribution in [2.24, 2.45) is 0 Å². The maximum absolute atomic E-state index is 10.6. The molecule has 1 aromatic carbocycles. The Morgan fingerprint density at radius 3 is 2.47 bits per heavy atom. The average Bonchev–Trinajstić information content (AvgIpc) is 2.26. The number of carbonyl (C=O) groups is 1. The lowest BCUT2D eigenvalue weighted by Gasteiger charge is -2.08. The molecule has 1 atom stereocenters. The Bertz CT molecular complexity index is 323. The van der Waals surface area contributed by atoms with Crippen LogP contribution in [0.15, 0.2) is 24.3 Å². The Kier molecular flexibility index (Phi) is 5.00.